The summed E-state index contributed by atoms with van der Waals surface area (Å²) in [6.45, 7) is 4.62. The SMILES string of the molecule is COC(=O)CSc1cc(N=c2sc(=O)n3n2CCCC3)c(F)cc1Cl.Cc1cc(Cl)ccc1OC(C)C(=O)O. The molecule has 2 heterocycles. The number of hydrogen-bond acceptors (Lipinski definition) is 8. The number of ether oxygens (including phenoxy) is 2. The van der Waals surface area contributed by atoms with Gasteiger partial charge in [-0.3, -0.25) is 14.3 Å². The Hall–Kier alpha value is -2.80. The molecule has 1 atom stereocenters. The summed E-state index contributed by atoms with van der Waals surface area (Å²) in [4.78, 5) is 39.0. The van der Waals surface area contributed by atoms with Gasteiger partial charge in [-0.1, -0.05) is 23.2 Å². The number of esters is 1. The van der Waals surface area contributed by atoms with Crippen LogP contribution in [0.1, 0.15) is 25.3 Å². The van der Waals surface area contributed by atoms with Crippen LogP contribution in [0.25, 0.3) is 0 Å². The summed E-state index contributed by atoms with van der Waals surface area (Å²) in [5, 5.41) is 9.45. The van der Waals surface area contributed by atoms with Crippen LogP contribution in [0.5, 0.6) is 5.75 Å². The van der Waals surface area contributed by atoms with Crippen molar-refractivity contribution in [2.45, 2.75) is 50.8 Å². The van der Waals surface area contributed by atoms with Gasteiger partial charge in [0, 0.05) is 23.0 Å². The van der Waals surface area contributed by atoms with Crippen LogP contribution in [0.3, 0.4) is 0 Å². The molecule has 9 nitrogen and oxygen atoms in total. The fraction of sp³-hybridized carbons (Fsp3) is 0.360. The van der Waals surface area contributed by atoms with E-state index in [1.165, 1.54) is 20.1 Å². The summed E-state index contributed by atoms with van der Waals surface area (Å²) in [6.07, 6.45) is 1.04. The van der Waals surface area contributed by atoms with Crippen molar-refractivity contribution in [3.05, 3.63) is 66.2 Å². The molecule has 0 aliphatic carbocycles. The summed E-state index contributed by atoms with van der Waals surface area (Å²) in [6, 6.07) is 7.70. The molecule has 0 amide bonds. The zero-order valence-electron chi connectivity index (χ0n) is 21.3. The van der Waals surface area contributed by atoms with Crippen molar-refractivity contribution in [3.63, 3.8) is 0 Å². The lowest BCUT2D eigenvalue weighted by Crippen LogP contribution is -2.31. The number of carbonyl (C=O) groups is 2. The molecule has 0 spiro atoms. The Morgan fingerprint density at radius 1 is 1.21 bits per heavy atom. The maximum atomic E-state index is 14.3. The van der Waals surface area contributed by atoms with E-state index in [0.29, 0.717) is 33.6 Å². The summed E-state index contributed by atoms with van der Waals surface area (Å²) >= 11 is 13.9. The average molecular weight is 619 g/mol. The monoisotopic (exact) mass is 617 g/mol. The van der Waals surface area contributed by atoms with Crippen molar-refractivity contribution in [3.8, 4) is 5.75 Å². The van der Waals surface area contributed by atoms with Gasteiger partial charge in [0.15, 0.2) is 6.10 Å². The number of nitrogens with zero attached hydrogens (tertiary/aromatic N) is 3. The summed E-state index contributed by atoms with van der Waals surface area (Å²) < 4.78 is 27.5. The van der Waals surface area contributed by atoms with Gasteiger partial charge in [0.05, 0.1) is 17.9 Å². The Balaban J connectivity index is 0.000000255. The molecule has 1 N–H and O–H groups in total. The number of aliphatic carboxylic acids is 1. The smallest absolute Gasteiger partial charge is 0.344 e. The highest BCUT2D eigenvalue weighted by atomic mass is 35.5. The molecule has 0 saturated carbocycles. The summed E-state index contributed by atoms with van der Waals surface area (Å²) in [5.41, 5.74) is 0.907. The van der Waals surface area contributed by atoms with Crippen LogP contribution in [0, 0.1) is 12.7 Å². The van der Waals surface area contributed by atoms with E-state index in [2.05, 4.69) is 9.73 Å². The molecule has 1 aromatic heterocycles. The number of hydrogen-bond donors (Lipinski definition) is 1. The van der Waals surface area contributed by atoms with Gasteiger partial charge in [-0.2, -0.15) is 0 Å². The molecule has 0 saturated heterocycles. The predicted octanol–water partition coefficient (Wildman–Crippen LogP) is 5.30. The van der Waals surface area contributed by atoms with E-state index in [0.717, 1.165) is 47.6 Å². The standard InChI is InChI=1S/C15H15ClFN3O3S2.C10H11ClO3/c1-23-13(21)8-24-12-7-11(10(17)6-9(12)16)18-14-19-4-2-3-5-20(19)15(22)25-14;1-6-5-8(11)3-4-9(6)14-7(2)10(12)13/h6-7H,2-5,8H2,1H3;3-5,7H,1-2H3,(H,12,13). The number of thioether (sulfide) groups is 1. The molecule has 1 aliphatic heterocycles. The largest absolute Gasteiger partial charge is 0.479 e. The summed E-state index contributed by atoms with van der Waals surface area (Å²) in [5.74, 6) is -1.36. The van der Waals surface area contributed by atoms with Crippen molar-refractivity contribution in [1.29, 1.82) is 0 Å². The molecular formula is C25H26Cl2FN3O6S2. The number of carboxylic acid groups (broad SMARTS) is 1. The Morgan fingerprint density at radius 3 is 2.54 bits per heavy atom. The van der Waals surface area contributed by atoms with Crippen LogP contribution in [0.2, 0.25) is 10.0 Å². The van der Waals surface area contributed by atoms with Crippen LogP contribution >= 0.6 is 46.3 Å². The lowest BCUT2D eigenvalue weighted by atomic mass is 10.2. The number of aryl methyl sites for hydroxylation is 1. The normalized spacial score (nSPS) is 13.6. The second-order valence-electron chi connectivity index (χ2n) is 8.32. The highest BCUT2D eigenvalue weighted by Gasteiger charge is 2.16. The number of carboxylic acids is 1. The number of rotatable bonds is 7. The van der Waals surface area contributed by atoms with E-state index in [-0.39, 0.29) is 21.3 Å². The topological polar surface area (TPSA) is 112 Å². The Labute approximate surface area is 241 Å². The number of fused-ring (bicyclic) bond motifs is 1. The van der Waals surface area contributed by atoms with E-state index >= 15 is 0 Å². The average Bonchev–Trinajstić information content (AvgIpc) is 3.21. The van der Waals surface area contributed by atoms with E-state index in [4.69, 9.17) is 33.0 Å². The third kappa shape index (κ3) is 8.34. The van der Waals surface area contributed by atoms with E-state index in [9.17, 15) is 18.8 Å². The quantitative estimate of drug-likeness (QED) is 0.283. The first-order valence-corrected chi connectivity index (χ1v) is 14.3. The first-order valence-electron chi connectivity index (χ1n) is 11.7. The number of benzene rings is 2. The second-order valence-corrected chi connectivity index (χ2v) is 11.1. The van der Waals surface area contributed by atoms with Gasteiger partial charge in [0.25, 0.3) is 0 Å². The first-order chi connectivity index (χ1) is 18.5. The van der Waals surface area contributed by atoms with E-state index in [1.54, 1.807) is 27.6 Å². The van der Waals surface area contributed by atoms with Gasteiger partial charge in [-0.05, 0) is 73.9 Å². The molecule has 0 fully saturated rings. The van der Waals surface area contributed by atoms with Crippen LogP contribution < -0.4 is 14.4 Å². The van der Waals surface area contributed by atoms with Crippen LogP contribution in [0.15, 0.2) is 45.0 Å². The van der Waals surface area contributed by atoms with Crippen molar-refractivity contribution in [2.24, 2.45) is 4.99 Å². The lowest BCUT2D eigenvalue weighted by Gasteiger charge is -2.15. The van der Waals surface area contributed by atoms with Crippen LogP contribution in [0.4, 0.5) is 10.1 Å². The maximum Gasteiger partial charge on any atom is 0.344 e. The van der Waals surface area contributed by atoms with Crippen molar-refractivity contribution in [2.75, 3.05) is 12.9 Å². The second kappa shape index (κ2) is 14.0. The van der Waals surface area contributed by atoms with Gasteiger partial charge >= 0.3 is 16.8 Å². The fourth-order valence-electron chi connectivity index (χ4n) is 3.42. The molecule has 4 rings (SSSR count). The number of aromatic nitrogens is 2. The van der Waals surface area contributed by atoms with Crippen molar-refractivity contribution in [1.82, 2.24) is 9.36 Å². The van der Waals surface area contributed by atoms with Gasteiger partial charge < -0.3 is 14.6 Å². The van der Waals surface area contributed by atoms with Gasteiger partial charge in [-0.25, -0.2) is 18.9 Å². The van der Waals surface area contributed by atoms with E-state index in [1.807, 2.05) is 6.92 Å². The minimum atomic E-state index is -0.987. The minimum Gasteiger partial charge on any atom is -0.479 e. The van der Waals surface area contributed by atoms with Crippen molar-refractivity contribution < 1.29 is 28.6 Å². The van der Waals surface area contributed by atoms with E-state index < -0.39 is 23.9 Å². The number of halogens is 3. The number of methoxy groups -OCH3 is 1. The molecule has 210 valence electrons. The Kier molecular flexibility index (Phi) is 11.0. The third-order valence-electron chi connectivity index (χ3n) is 5.47. The highest BCUT2D eigenvalue weighted by molar-refractivity contribution is 8.00. The number of carbonyl (C=O) groups excluding carboxylic acids is 1. The predicted molar refractivity (Wildman–Crippen MR) is 149 cm³/mol. The van der Waals surface area contributed by atoms with Crippen LogP contribution in [-0.4, -0.2) is 45.4 Å². The Morgan fingerprint density at radius 2 is 1.90 bits per heavy atom. The van der Waals surface area contributed by atoms with Gasteiger partial charge in [-0.15, -0.1) is 11.8 Å². The molecule has 0 radical (unpaired) electrons. The molecule has 1 aliphatic rings. The molecule has 1 unspecified atom stereocenters. The highest BCUT2D eigenvalue weighted by Crippen LogP contribution is 2.33. The molecule has 39 heavy (non-hydrogen) atoms. The third-order valence-corrected chi connectivity index (χ3v) is 8.03. The zero-order valence-corrected chi connectivity index (χ0v) is 24.4. The van der Waals surface area contributed by atoms with Crippen molar-refractivity contribution >= 4 is 63.9 Å². The van der Waals surface area contributed by atoms with Crippen LogP contribution in [-0.2, 0) is 27.4 Å². The minimum absolute atomic E-state index is 0.0605. The molecule has 14 heteroatoms. The fourth-order valence-corrected chi connectivity index (χ4v) is 5.63. The first kappa shape index (κ1) is 30.7. The van der Waals surface area contributed by atoms with Gasteiger partial charge in [0.2, 0.25) is 4.80 Å². The zero-order chi connectivity index (χ0) is 28.7. The lowest BCUT2D eigenvalue weighted by molar-refractivity contribution is -0.144. The molecule has 0 bridgehead atoms. The molecule has 3 aromatic rings. The molecule has 2 aromatic carbocycles. The summed E-state index contributed by atoms with van der Waals surface area (Å²) in [7, 11) is 1.30. The maximum absolute atomic E-state index is 14.3. The Bertz CT molecular complexity index is 1490. The van der Waals surface area contributed by atoms with Gasteiger partial charge in [0.1, 0.15) is 17.3 Å². The molecular weight excluding hydrogens is 592 g/mol.